The molecule has 2 aliphatic rings. The highest BCUT2D eigenvalue weighted by Gasteiger charge is 2.22. The number of anilines is 1. The molecule has 1 atom stereocenters. The van der Waals surface area contributed by atoms with Crippen molar-refractivity contribution in [3.05, 3.63) is 30.0 Å². The zero-order valence-corrected chi connectivity index (χ0v) is 16.7. The Morgan fingerprint density at radius 3 is 2.90 bits per heavy atom. The summed E-state index contributed by atoms with van der Waals surface area (Å²) in [4.78, 5) is 16.5. The van der Waals surface area contributed by atoms with Crippen LogP contribution in [0.3, 0.4) is 0 Å². The van der Waals surface area contributed by atoms with Gasteiger partial charge in [0.25, 0.3) is 0 Å². The van der Waals surface area contributed by atoms with Crippen molar-refractivity contribution >= 4 is 28.9 Å². The van der Waals surface area contributed by atoms with Crippen LogP contribution in [0.4, 0.5) is 11.6 Å². The summed E-state index contributed by atoms with van der Waals surface area (Å²) in [5, 5.41) is 5.56. The van der Waals surface area contributed by atoms with Crippen LogP contribution in [-0.2, 0) is 15.9 Å². The summed E-state index contributed by atoms with van der Waals surface area (Å²) in [6.07, 6.45) is 4.70. The number of methoxy groups -OCH3 is 1. The Kier molecular flexibility index (Phi) is 4.73. The van der Waals surface area contributed by atoms with Gasteiger partial charge in [-0.05, 0) is 18.6 Å². The normalized spacial score (nSPS) is 17.1. The Bertz CT molecular complexity index is 1070. The van der Waals surface area contributed by atoms with Gasteiger partial charge in [-0.25, -0.2) is 9.67 Å². The molecule has 0 radical (unpaired) electrons. The molecule has 0 saturated carbocycles. The largest absolute Gasteiger partial charge is 0.382 e. The van der Waals surface area contributed by atoms with Crippen LogP contribution in [0.2, 0.25) is 0 Å². The first kappa shape index (κ1) is 18.2. The lowest BCUT2D eigenvalue weighted by atomic mass is 10.0. The van der Waals surface area contributed by atoms with Crippen molar-refractivity contribution in [1.82, 2.24) is 19.7 Å². The monoisotopic (exact) mass is 392 g/mol. The number of ether oxygens (including phenoxy) is 2. The number of hydrogen-bond donors (Lipinski definition) is 0. The van der Waals surface area contributed by atoms with Crippen LogP contribution >= 0.6 is 0 Å². The summed E-state index contributed by atoms with van der Waals surface area (Å²) in [6.45, 7) is 5.57. The van der Waals surface area contributed by atoms with Gasteiger partial charge in [-0.15, -0.1) is 0 Å². The summed E-state index contributed by atoms with van der Waals surface area (Å²) in [7, 11) is 1.70. The van der Waals surface area contributed by atoms with Crippen LogP contribution in [0.5, 0.6) is 0 Å². The second kappa shape index (κ2) is 7.53. The van der Waals surface area contributed by atoms with E-state index in [4.69, 9.17) is 19.4 Å². The molecule has 1 aromatic carbocycles. The fourth-order valence-electron chi connectivity index (χ4n) is 3.92. The van der Waals surface area contributed by atoms with Crippen molar-refractivity contribution < 1.29 is 9.47 Å². The smallest absolute Gasteiger partial charge is 0.228 e. The van der Waals surface area contributed by atoms with Gasteiger partial charge in [-0.1, -0.05) is 12.1 Å². The third kappa shape index (κ3) is 3.28. The zero-order chi connectivity index (χ0) is 19.8. The predicted molar refractivity (Wildman–Crippen MR) is 112 cm³/mol. The van der Waals surface area contributed by atoms with E-state index in [0.717, 1.165) is 47.5 Å². The number of aromatic nitrogens is 4. The van der Waals surface area contributed by atoms with Gasteiger partial charge in [-0.3, -0.25) is 4.99 Å². The van der Waals surface area contributed by atoms with Crippen LogP contribution in [-0.4, -0.2) is 66.0 Å². The molecule has 29 heavy (non-hydrogen) atoms. The van der Waals surface area contributed by atoms with E-state index in [1.807, 2.05) is 17.1 Å². The van der Waals surface area contributed by atoms with Gasteiger partial charge in [0.1, 0.15) is 0 Å². The SMILES string of the molecule is COCC(C)n1ncc2c(-c3ccc4c(c3)N=CC4)nc(N3CCOCC3)nc21. The maximum absolute atomic E-state index is 5.51. The molecule has 0 amide bonds. The topological polar surface area (TPSA) is 77.7 Å². The van der Waals surface area contributed by atoms with Gasteiger partial charge in [0, 0.05) is 38.4 Å². The second-order valence-corrected chi connectivity index (χ2v) is 7.46. The standard InChI is InChI=1S/C21H24N6O2/c1-14(13-28-2)27-20-17(12-23-27)19(16-4-3-15-5-6-22-18(15)11-16)24-21(25-20)26-7-9-29-10-8-26/h3-4,6,11-12,14H,5,7-10,13H2,1-2H3. The minimum atomic E-state index is 0.0717. The Morgan fingerprint density at radius 1 is 1.21 bits per heavy atom. The highest BCUT2D eigenvalue weighted by atomic mass is 16.5. The molecule has 0 aliphatic carbocycles. The quantitative estimate of drug-likeness (QED) is 0.664. The number of rotatable bonds is 5. The Labute approximate surface area is 169 Å². The van der Waals surface area contributed by atoms with Gasteiger partial charge in [0.05, 0.1) is 48.8 Å². The Hall–Kier alpha value is -2.84. The zero-order valence-electron chi connectivity index (χ0n) is 16.7. The van der Waals surface area contributed by atoms with E-state index >= 15 is 0 Å². The molecule has 1 fully saturated rings. The maximum atomic E-state index is 5.51. The second-order valence-electron chi connectivity index (χ2n) is 7.46. The van der Waals surface area contributed by atoms with Crippen molar-refractivity contribution in [3.63, 3.8) is 0 Å². The highest BCUT2D eigenvalue weighted by Crippen LogP contribution is 2.34. The molecule has 8 nitrogen and oxygen atoms in total. The molecule has 1 saturated heterocycles. The van der Waals surface area contributed by atoms with Gasteiger partial charge in [0.15, 0.2) is 5.65 Å². The van der Waals surface area contributed by atoms with E-state index in [2.05, 4.69) is 40.1 Å². The van der Waals surface area contributed by atoms with Gasteiger partial charge >= 0.3 is 0 Å². The molecule has 0 spiro atoms. The first-order valence-electron chi connectivity index (χ1n) is 9.97. The molecule has 1 unspecified atom stereocenters. The lowest BCUT2D eigenvalue weighted by Crippen LogP contribution is -2.37. The van der Waals surface area contributed by atoms with Gasteiger partial charge < -0.3 is 14.4 Å². The number of morpholine rings is 1. The van der Waals surface area contributed by atoms with E-state index in [1.54, 1.807) is 7.11 Å². The summed E-state index contributed by atoms with van der Waals surface area (Å²) >= 11 is 0. The average Bonchev–Trinajstić information content (AvgIpc) is 3.40. The van der Waals surface area contributed by atoms with E-state index in [1.165, 1.54) is 5.56 Å². The molecule has 3 aromatic rings. The van der Waals surface area contributed by atoms with E-state index in [0.29, 0.717) is 25.8 Å². The maximum Gasteiger partial charge on any atom is 0.228 e. The molecule has 2 aromatic heterocycles. The van der Waals surface area contributed by atoms with Crippen LogP contribution in [0.25, 0.3) is 22.3 Å². The molecule has 0 bridgehead atoms. The van der Waals surface area contributed by atoms with Gasteiger partial charge in [0.2, 0.25) is 5.95 Å². The third-order valence-electron chi connectivity index (χ3n) is 5.46. The van der Waals surface area contributed by atoms with Crippen molar-refractivity contribution in [3.8, 4) is 11.3 Å². The lowest BCUT2D eigenvalue weighted by molar-refractivity contribution is 0.122. The minimum absolute atomic E-state index is 0.0717. The van der Waals surface area contributed by atoms with E-state index in [-0.39, 0.29) is 6.04 Å². The summed E-state index contributed by atoms with van der Waals surface area (Å²) in [5.41, 5.74) is 5.00. The van der Waals surface area contributed by atoms with E-state index in [9.17, 15) is 0 Å². The van der Waals surface area contributed by atoms with Crippen molar-refractivity contribution in [1.29, 1.82) is 0 Å². The fraction of sp³-hybridized carbons (Fsp3) is 0.429. The number of benzene rings is 1. The molecule has 2 aliphatic heterocycles. The summed E-state index contributed by atoms with van der Waals surface area (Å²) < 4.78 is 12.8. The lowest BCUT2D eigenvalue weighted by Gasteiger charge is -2.27. The minimum Gasteiger partial charge on any atom is -0.382 e. The first-order chi connectivity index (χ1) is 14.2. The Morgan fingerprint density at radius 2 is 2.07 bits per heavy atom. The molecular formula is C21H24N6O2. The van der Waals surface area contributed by atoms with Crippen molar-refractivity contribution in [2.24, 2.45) is 4.99 Å². The molecule has 0 N–H and O–H groups in total. The van der Waals surface area contributed by atoms with Crippen LogP contribution in [0.15, 0.2) is 29.4 Å². The average molecular weight is 392 g/mol. The fourth-order valence-corrected chi connectivity index (χ4v) is 3.92. The number of aliphatic imine (C=N–C) groups is 1. The molecule has 8 heteroatoms. The molecule has 5 rings (SSSR count). The first-order valence-corrected chi connectivity index (χ1v) is 9.97. The molecule has 150 valence electrons. The van der Waals surface area contributed by atoms with E-state index < -0.39 is 0 Å². The number of fused-ring (bicyclic) bond motifs is 2. The van der Waals surface area contributed by atoms with Crippen LogP contribution in [0.1, 0.15) is 18.5 Å². The highest BCUT2D eigenvalue weighted by molar-refractivity contribution is 5.92. The third-order valence-corrected chi connectivity index (χ3v) is 5.46. The van der Waals surface area contributed by atoms with Crippen molar-refractivity contribution in [2.45, 2.75) is 19.4 Å². The number of hydrogen-bond acceptors (Lipinski definition) is 7. The number of nitrogens with zero attached hydrogens (tertiary/aromatic N) is 6. The van der Waals surface area contributed by atoms with Gasteiger partial charge in [-0.2, -0.15) is 10.1 Å². The van der Waals surface area contributed by atoms with Crippen LogP contribution < -0.4 is 4.90 Å². The Balaban J connectivity index is 1.67. The van der Waals surface area contributed by atoms with Crippen molar-refractivity contribution in [2.75, 3.05) is 44.9 Å². The molecule has 4 heterocycles. The molecular weight excluding hydrogens is 368 g/mol. The summed E-state index contributed by atoms with van der Waals surface area (Å²) in [6, 6.07) is 6.44. The summed E-state index contributed by atoms with van der Waals surface area (Å²) in [5.74, 6) is 0.714. The predicted octanol–water partition coefficient (Wildman–Crippen LogP) is 2.80. The van der Waals surface area contributed by atoms with Crippen LogP contribution in [0, 0.1) is 0 Å².